The third kappa shape index (κ3) is 5.11. The van der Waals surface area contributed by atoms with Crippen LogP contribution in [-0.2, 0) is 11.3 Å². The van der Waals surface area contributed by atoms with Gasteiger partial charge in [-0.1, -0.05) is 18.2 Å². The molecule has 1 aliphatic rings. The molecule has 1 heterocycles. The highest BCUT2D eigenvalue weighted by molar-refractivity contribution is 5.75. The molecule has 0 radical (unpaired) electrons. The number of amides is 2. The van der Waals surface area contributed by atoms with E-state index in [0.717, 1.165) is 43.8 Å². The van der Waals surface area contributed by atoms with Crippen LogP contribution in [0.2, 0.25) is 0 Å². The van der Waals surface area contributed by atoms with Crippen LogP contribution in [0.5, 0.6) is 5.75 Å². The van der Waals surface area contributed by atoms with Crippen molar-refractivity contribution in [2.45, 2.75) is 25.4 Å². The van der Waals surface area contributed by atoms with Gasteiger partial charge in [0.05, 0.1) is 13.7 Å². The molecule has 2 amide bonds. The zero-order chi connectivity index (χ0) is 17.4. The van der Waals surface area contributed by atoms with E-state index in [9.17, 15) is 4.79 Å². The van der Waals surface area contributed by atoms with Crippen LogP contribution in [0.25, 0.3) is 0 Å². The number of nitrogens with one attached hydrogen (secondary N) is 1. The van der Waals surface area contributed by atoms with E-state index < -0.39 is 0 Å². The molecule has 0 aromatic heterocycles. The lowest BCUT2D eigenvalue weighted by Crippen LogP contribution is -2.47. The maximum absolute atomic E-state index is 12.6. The molecule has 134 valence electrons. The number of benzene rings is 1. The van der Waals surface area contributed by atoms with E-state index in [1.54, 1.807) is 14.2 Å². The summed E-state index contributed by atoms with van der Waals surface area (Å²) in [6, 6.07) is 8.03. The standard InChI is InChI=1S/C18H29N3O3/c1-20(11-12-23-2)14-16-8-6-10-21(16)18(22)19-13-15-7-4-5-9-17(15)24-3/h4-5,7,9,16H,6,8,10-14H2,1-3H3,(H,19,22). The van der Waals surface area contributed by atoms with Crippen molar-refractivity contribution in [3.8, 4) is 5.75 Å². The second kappa shape index (κ2) is 9.49. The number of likely N-dealkylation sites (tertiary alicyclic amines) is 1. The van der Waals surface area contributed by atoms with Crippen molar-refractivity contribution < 1.29 is 14.3 Å². The smallest absolute Gasteiger partial charge is 0.317 e. The molecular weight excluding hydrogens is 306 g/mol. The fourth-order valence-electron chi connectivity index (χ4n) is 3.11. The van der Waals surface area contributed by atoms with Gasteiger partial charge in [-0.25, -0.2) is 4.79 Å². The van der Waals surface area contributed by atoms with Crippen LogP contribution in [0.3, 0.4) is 0 Å². The largest absolute Gasteiger partial charge is 0.496 e. The highest BCUT2D eigenvalue weighted by Crippen LogP contribution is 2.20. The number of urea groups is 1. The summed E-state index contributed by atoms with van der Waals surface area (Å²) in [6.07, 6.45) is 2.12. The Morgan fingerprint density at radius 1 is 1.38 bits per heavy atom. The van der Waals surface area contributed by atoms with Gasteiger partial charge < -0.3 is 24.6 Å². The van der Waals surface area contributed by atoms with Gasteiger partial charge in [0.2, 0.25) is 0 Å². The molecule has 0 bridgehead atoms. The minimum Gasteiger partial charge on any atom is -0.496 e. The average Bonchev–Trinajstić information content (AvgIpc) is 3.06. The van der Waals surface area contributed by atoms with Gasteiger partial charge in [-0.2, -0.15) is 0 Å². The Hall–Kier alpha value is -1.79. The van der Waals surface area contributed by atoms with Gasteiger partial charge in [0.25, 0.3) is 0 Å². The van der Waals surface area contributed by atoms with Crippen LogP contribution in [-0.4, -0.2) is 69.4 Å². The first-order chi connectivity index (χ1) is 11.7. The molecule has 0 aliphatic carbocycles. The summed E-state index contributed by atoms with van der Waals surface area (Å²) >= 11 is 0. The Morgan fingerprint density at radius 2 is 2.17 bits per heavy atom. The summed E-state index contributed by atoms with van der Waals surface area (Å²) in [5.41, 5.74) is 0.987. The molecule has 1 aromatic carbocycles. The Morgan fingerprint density at radius 3 is 2.92 bits per heavy atom. The molecule has 0 saturated carbocycles. The number of para-hydroxylation sites is 1. The van der Waals surface area contributed by atoms with Crippen molar-refractivity contribution in [2.24, 2.45) is 0 Å². The van der Waals surface area contributed by atoms with E-state index >= 15 is 0 Å². The molecule has 1 N–H and O–H groups in total. The van der Waals surface area contributed by atoms with E-state index in [1.807, 2.05) is 29.2 Å². The van der Waals surface area contributed by atoms with Crippen molar-refractivity contribution in [3.05, 3.63) is 29.8 Å². The Bertz CT molecular complexity index is 524. The van der Waals surface area contributed by atoms with Crippen molar-refractivity contribution >= 4 is 6.03 Å². The third-order valence-corrected chi connectivity index (χ3v) is 4.46. The number of nitrogens with zero attached hydrogens (tertiary/aromatic N) is 2. The Kier molecular flexibility index (Phi) is 7.34. The first-order valence-corrected chi connectivity index (χ1v) is 8.49. The van der Waals surface area contributed by atoms with Crippen LogP contribution in [0, 0.1) is 0 Å². The van der Waals surface area contributed by atoms with E-state index in [0.29, 0.717) is 13.2 Å². The molecular formula is C18H29N3O3. The number of likely N-dealkylation sites (N-methyl/N-ethyl adjacent to an activating group) is 1. The zero-order valence-corrected chi connectivity index (χ0v) is 15.0. The predicted molar refractivity (Wildman–Crippen MR) is 94.3 cm³/mol. The summed E-state index contributed by atoms with van der Waals surface area (Å²) in [5, 5.41) is 3.03. The lowest BCUT2D eigenvalue weighted by atomic mass is 10.2. The molecule has 6 heteroatoms. The zero-order valence-electron chi connectivity index (χ0n) is 15.0. The van der Waals surface area contributed by atoms with Crippen molar-refractivity contribution in [1.29, 1.82) is 0 Å². The Labute approximate surface area is 144 Å². The van der Waals surface area contributed by atoms with Crippen LogP contribution >= 0.6 is 0 Å². The molecule has 1 fully saturated rings. The summed E-state index contributed by atoms with van der Waals surface area (Å²) < 4.78 is 10.4. The topological polar surface area (TPSA) is 54.0 Å². The molecule has 1 atom stereocenters. The molecule has 1 saturated heterocycles. The van der Waals surface area contributed by atoms with Gasteiger partial charge in [-0.15, -0.1) is 0 Å². The first kappa shape index (κ1) is 18.5. The number of carbonyl (C=O) groups excluding carboxylic acids is 1. The van der Waals surface area contributed by atoms with Gasteiger partial charge in [0.1, 0.15) is 5.75 Å². The SMILES string of the molecule is COCCN(C)CC1CCCN1C(=O)NCc1ccccc1OC. The van der Waals surface area contributed by atoms with Crippen molar-refractivity contribution in [2.75, 3.05) is 47.5 Å². The number of hydrogen-bond donors (Lipinski definition) is 1. The van der Waals surface area contributed by atoms with E-state index in [2.05, 4.69) is 17.3 Å². The van der Waals surface area contributed by atoms with Crippen LogP contribution in [0.4, 0.5) is 4.79 Å². The monoisotopic (exact) mass is 335 g/mol. The fourth-order valence-corrected chi connectivity index (χ4v) is 3.11. The number of rotatable bonds is 8. The summed E-state index contributed by atoms with van der Waals surface area (Å²) in [7, 11) is 5.43. The summed E-state index contributed by atoms with van der Waals surface area (Å²) in [4.78, 5) is 16.7. The quantitative estimate of drug-likeness (QED) is 0.789. The Balaban J connectivity index is 1.86. The average molecular weight is 335 g/mol. The number of hydrogen-bond acceptors (Lipinski definition) is 4. The third-order valence-electron chi connectivity index (χ3n) is 4.46. The van der Waals surface area contributed by atoms with E-state index in [1.165, 1.54) is 0 Å². The molecule has 0 spiro atoms. The molecule has 2 rings (SSSR count). The van der Waals surface area contributed by atoms with Crippen LogP contribution < -0.4 is 10.1 Å². The molecule has 1 aromatic rings. The minimum absolute atomic E-state index is 0.00328. The van der Waals surface area contributed by atoms with Crippen molar-refractivity contribution in [3.63, 3.8) is 0 Å². The van der Waals surface area contributed by atoms with Gasteiger partial charge in [-0.05, 0) is 26.0 Å². The number of methoxy groups -OCH3 is 2. The molecule has 1 aliphatic heterocycles. The van der Waals surface area contributed by atoms with Crippen LogP contribution in [0.15, 0.2) is 24.3 Å². The second-order valence-electron chi connectivity index (χ2n) is 6.22. The molecule has 24 heavy (non-hydrogen) atoms. The van der Waals surface area contributed by atoms with Gasteiger partial charge >= 0.3 is 6.03 Å². The maximum atomic E-state index is 12.6. The highest BCUT2D eigenvalue weighted by Gasteiger charge is 2.29. The lowest BCUT2D eigenvalue weighted by Gasteiger charge is -2.29. The maximum Gasteiger partial charge on any atom is 0.317 e. The number of ether oxygens (including phenoxy) is 2. The first-order valence-electron chi connectivity index (χ1n) is 8.49. The summed E-state index contributed by atoms with van der Waals surface area (Å²) in [6.45, 7) is 3.77. The molecule has 6 nitrogen and oxygen atoms in total. The second-order valence-corrected chi connectivity index (χ2v) is 6.22. The predicted octanol–water partition coefficient (Wildman–Crippen LogP) is 1.95. The van der Waals surface area contributed by atoms with Gasteiger partial charge in [-0.3, -0.25) is 0 Å². The minimum atomic E-state index is 0.00328. The fraction of sp³-hybridized carbons (Fsp3) is 0.611. The number of carbonyl (C=O) groups is 1. The van der Waals surface area contributed by atoms with E-state index in [4.69, 9.17) is 9.47 Å². The lowest BCUT2D eigenvalue weighted by molar-refractivity contribution is 0.140. The van der Waals surface area contributed by atoms with Crippen LogP contribution in [0.1, 0.15) is 18.4 Å². The highest BCUT2D eigenvalue weighted by atomic mass is 16.5. The van der Waals surface area contributed by atoms with Crippen molar-refractivity contribution in [1.82, 2.24) is 15.1 Å². The van der Waals surface area contributed by atoms with E-state index in [-0.39, 0.29) is 12.1 Å². The molecule has 1 unspecified atom stereocenters. The normalized spacial score (nSPS) is 17.3. The van der Waals surface area contributed by atoms with Gasteiger partial charge in [0.15, 0.2) is 0 Å². The summed E-state index contributed by atoms with van der Waals surface area (Å²) in [5.74, 6) is 0.801. The van der Waals surface area contributed by atoms with Gasteiger partial charge in [0, 0.05) is 44.9 Å².